The van der Waals surface area contributed by atoms with Crippen molar-refractivity contribution in [3.63, 3.8) is 0 Å². The van der Waals surface area contributed by atoms with E-state index in [1.165, 1.54) is 12.4 Å². The summed E-state index contributed by atoms with van der Waals surface area (Å²) in [5, 5.41) is 8.88. The third-order valence-corrected chi connectivity index (χ3v) is 4.17. The summed E-state index contributed by atoms with van der Waals surface area (Å²) in [5.41, 5.74) is 0.475. The molecule has 1 N–H and O–H groups in total. The molecule has 1 aliphatic heterocycles. The number of piperazine rings is 1. The van der Waals surface area contributed by atoms with Crippen LogP contribution in [0.5, 0.6) is 5.75 Å². The minimum atomic E-state index is -1.10. The van der Waals surface area contributed by atoms with E-state index in [4.69, 9.17) is 9.84 Å². The first-order chi connectivity index (χ1) is 12.6. The first kappa shape index (κ1) is 17.7. The van der Waals surface area contributed by atoms with Crippen molar-refractivity contribution in [3.8, 4) is 5.75 Å². The topological polar surface area (TPSA) is 95.9 Å². The van der Waals surface area contributed by atoms with Crippen LogP contribution in [-0.4, -0.2) is 64.6 Å². The Bertz CT molecular complexity index is 786. The summed E-state index contributed by atoms with van der Waals surface area (Å²) in [4.78, 5) is 35.4. The number of hydrogen-bond acceptors (Lipinski definition) is 6. The largest absolute Gasteiger partial charge is 0.493 e. The summed E-state index contributed by atoms with van der Waals surface area (Å²) in [6.45, 7) is 4.68. The number of hydrogen-bond donors (Lipinski definition) is 1. The summed E-state index contributed by atoms with van der Waals surface area (Å²) >= 11 is 0. The molecule has 3 rings (SSSR count). The number of rotatable bonds is 5. The number of anilines is 1. The van der Waals surface area contributed by atoms with Gasteiger partial charge in [0.2, 0.25) is 0 Å². The van der Waals surface area contributed by atoms with Crippen LogP contribution in [0.4, 0.5) is 5.82 Å². The van der Waals surface area contributed by atoms with Crippen molar-refractivity contribution in [2.45, 2.75) is 6.92 Å². The van der Waals surface area contributed by atoms with Crippen molar-refractivity contribution in [1.82, 2.24) is 14.9 Å². The molecule has 0 atom stereocenters. The van der Waals surface area contributed by atoms with Crippen LogP contribution in [0.3, 0.4) is 0 Å². The van der Waals surface area contributed by atoms with Gasteiger partial charge in [-0.3, -0.25) is 4.79 Å². The minimum Gasteiger partial charge on any atom is -0.493 e. The monoisotopic (exact) mass is 356 g/mol. The number of carboxylic acid groups (broad SMARTS) is 1. The van der Waals surface area contributed by atoms with Gasteiger partial charge in [0.05, 0.1) is 24.6 Å². The zero-order valence-electron chi connectivity index (χ0n) is 14.5. The molecule has 0 saturated carbocycles. The molecular formula is C18H20N4O4. The molecule has 2 heterocycles. The Balaban J connectivity index is 1.65. The van der Waals surface area contributed by atoms with Crippen LogP contribution in [0.25, 0.3) is 0 Å². The normalized spacial score (nSPS) is 14.2. The first-order valence-corrected chi connectivity index (χ1v) is 8.41. The summed E-state index contributed by atoms with van der Waals surface area (Å²) in [6.07, 6.45) is 2.69. The third-order valence-electron chi connectivity index (χ3n) is 4.17. The minimum absolute atomic E-state index is 0.0546. The van der Waals surface area contributed by atoms with Crippen molar-refractivity contribution in [3.05, 3.63) is 47.9 Å². The second-order valence-corrected chi connectivity index (χ2v) is 5.77. The molecule has 8 heteroatoms. The van der Waals surface area contributed by atoms with Gasteiger partial charge < -0.3 is 19.6 Å². The van der Waals surface area contributed by atoms with Crippen LogP contribution in [0.15, 0.2) is 36.7 Å². The van der Waals surface area contributed by atoms with E-state index in [9.17, 15) is 9.59 Å². The predicted molar refractivity (Wildman–Crippen MR) is 94.7 cm³/mol. The van der Waals surface area contributed by atoms with Gasteiger partial charge in [0.25, 0.3) is 5.91 Å². The quantitative estimate of drug-likeness (QED) is 0.868. The zero-order valence-corrected chi connectivity index (χ0v) is 14.5. The molecule has 1 fully saturated rings. The van der Waals surface area contributed by atoms with E-state index in [-0.39, 0.29) is 11.6 Å². The van der Waals surface area contributed by atoms with Crippen LogP contribution in [-0.2, 0) is 0 Å². The van der Waals surface area contributed by atoms with Crippen molar-refractivity contribution in [2.24, 2.45) is 0 Å². The highest BCUT2D eigenvalue weighted by atomic mass is 16.5. The van der Waals surface area contributed by atoms with E-state index >= 15 is 0 Å². The maximum Gasteiger partial charge on any atom is 0.356 e. The van der Waals surface area contributed by atoms with Crippen LogP contribution < -0.4 is 9.64 Å². The molecule has 1 amide bonds. The lowest BCUT2D eigenvalue weighted by atomic mass is 10.1. The number of nitrogens with zero attached hydrogens (tertiary/aromatic N) is 4. The van der Waals surface area contributed by atoms with Gasteiger partial charge in [0.1, 0.15) is 11.6 Å². The molecular weight excluding hydrogens is 336 g/mol. The average Bonchev–Trinajstić information content (AvgIpc) is 2.68. The van der Waals surface area contributed by atoms with E-state index in [2.05, 4.69) is 9.97 Å². The van der Waals surface area contributed by atoms with Crippen molar-refractivity contribution >= 4 is 17.7 Å². The Morgan fingerprint density at radius 3 is 2.46 bits per heavy atom. The molecule has 26 heavy (non-hydrogen) atoms. The molecule has 1 aromatic heterocycles. The van der Waals surface area contributed by atoms with E-state index in [1.54, 1.807) is 17.0 Å². The number of ether oxygens (including phenoxy) is 1. The van der Waals surface area contributed by atoms with Gasteiger partial charge in [-0.1, -0.05) is 12.1 Å². The number of benzene rings is 1. The Labute approximate surface area is 151 Å². The molecule has 0 radical (unpaired) electrons. The number of aromatic carboxylic acids is 1. The van der Waals surface area contributed by atoms with E-state index in [0.717, 1.165) is 0 Å². The lowest BCUT2D eigenvalue weighted by Crippen LogP contribution is -2.49. The van der Waals surface area contributed by atoms with Gasteiger partial charge in [0, 0.05) is 26.2 Å². The number of amides is 1. The highest BCUT2D eigenvalue weighted by molar-refractivity contribution is 5.97. The number of carbonyl (C=O) groups excluding carboxylic acids is 1. The summed E-state index contributed by atoms with van der Waals surface area (Å²) in [7, 11) is 0. The zero-order chi connectivity index (χ0) is 18.5. The van der Waals surface area contributed by atoms with Crippen LogP contribution in [0.1, 0.15) is 27.8 Å². The van der Waals surface area contributed by atoms with Crippen LogP contribution in [0, 0.1) is 0 Å². The summed E-state index contributed by atoms with van der Waals surface area (Å²) in [5.74, 6) is 0.0443. The molecule has 1 saturated heterocycles. The fourth-order valence-electron chi connectivity index (χ4n) is 2.83. The second-order valence-electron chi connectivity index (χ2n) is 5.77. The van der Waals surface area contributed by atoms with Gasteiger partial charge in [-0.2, -0.15) is 0 Å². The molecule has 0 unspecified atom stereocenters. The molecule has 0 aliphatic carbocycles. The lowest BCUT2D eigenvalue weighted by Gasteiger charge is -2.35. The highest BCUT2D eigenvalue weighted by Gasteiger charge is 2.25. The fourth-order valence-corrected chi connectivity index (χ4v) is 2.83. The van der Waals surface area contributed by atoms with Gasteiger partial charge >= 0.3 is 5.97 Å². The third kappa shape index (κ3) is 3.74. The molecule has 8 nitrogen and oxygen atoms in total. The number of aromatic nitrogens is 2. The number of carboxylic acids is 1. The van der Waals surface area contributed by atoms with E-state index < -0.39 is 5.97 Å². The van der Waals surface area contributed by atoms with E-state index in [0.29, 0.717) is 49.9 Å². The molecule has 1 aliphatic rings. The SMILES string of the molecule is CCOc1ccccc1C(=O)N1CCN(c2cnc(C(=O)O)cn2)CC1. The molecule has 1 aromatic carbocycles. The summed E-state index contributed by atoms with van der Waals surface area (Å²) < 4.78 is 5.55. The highest BCUT2D eigenvalue weighted by Crippen LogP contribution is 2.21. The standard InChI is InChI=1S/C18H20N4O4/c1-2-26-15-6-4-3-5-13(15)17(23)22-9-7-21(8-10-22)16-12-19-14(11-20-16)18(24)25/h3-6,11-12H,2,7-10H2,1H3,(H,24,25). The smallest absolute Gasteiger partial charge is 0.356 e. The Morgan fingerprint density at radius 2 is 1.85 bits per heavy atom. The average molecular weight is 356 g/mol. The Hall–Kier alpha value is -3.16. The van der Waals surface area contributed by atoms with Crippen molar-refractivity contribution in [1.29, 1.82) is 0 Å². The molecule has 0 spiro atoms. The summed E-state index contributed by atoms with van der Waals surface area (Å²) in [6, 6.07) is 7.24. The predicted octanol–water partition coefficient (Wildman–Crippen LogP) is 1.54. The van der Waals surface area contributed by atoms with Gasteiger partial charge in [0.15, 0.2) is 5.69 Å². The number of carbonyl (C=O) groups is 2. The molecule has 136 valence electrons. The van der Waals surface area contributed by atoms with Crippen LogP contribution in [0.2, 0.25) is 0 Å². The van der Waals surface area contributed by atoms with Crippen LogP contribution >= 0.6 is 0 Å². The molecule has 2 aromatic rings. The maximum absolute atomic E-state index is 12.8. The fraction of sp³-hybridized carbons (Fsp3) is 0.333. The lowest BCUT2D eigenvalue weighted by molar-refractivity contribution is 0.0688. The second kappa shape index (κ2) is 7.81. The van der Waals surface area contributed by atoms with Crippen molar-refractivity contribution < 1.29 is 19.4 Å². The van der Waals surface area contributed by atoms with Crippen molar-refractivity contribution in [2.75, 3.05) is 37.7 Å². The number of para-hydroxylation sites is 1. The van der Waals surface area contributed by atoms with E-state index in [1.807, 2.05) is 24.0 Å². The Morgan fingerprint density at radius 1 is 1.12 bits per heavy atom. The van der Waals surface area contributed by atoms with Gasteiger partial charge in [-0.15, -0.1) is 0 Å². The van der Waals surface area contributed by atoms with Gasteiger partial charge in [-0.25, -0.2) is 14.8 Å². The molecule has 0 bridgehead atoms. The Kier molecular flexibility index (Phi) is 5.31. The van der Waals surface area contributed by atoms with Gasteiger partial charge in [-0.05, 0) is 19.1 Å². The first-order valence-electron chi connectivity index (χ1n) is 8.41. The maximum atomic E-state index is 12.8.